The maximum absolute atomic E-state index is 3.86. The molecular weight excluding hydrogens is 416 g/mol. The van der Waals surface area contributed by atoms with Crippen molar-refractivity contribution in [1.29, 1.82) is 0 Å². The van der Waals surface area contributed by atoms with E-state index < -0.39 is 0 Å². The monoisotopic (exact) mass is 454 g/mol. The van der Waals surface area contributed by atoms with Crippen molar-refractivity contribution in [3.05, 3.63) is 108 Å². The zero-order chi connectivity index (χ0) is 23.6. The number of allylic oxidation sites excluding steroid dienone is 6. The molecule has 178 valence electrons. The highest BCUT2D eigenvalue weighted by molar-refractivity contribution is 5.52. The van der Waals surface area contributed by atoms with Gasteiger partial charge >= 0.3 is 0 Å². The van der Waals surface area contributed by atoms with Crippen LogP contribution in [-0.4, -0.2) is 48.2 Å². The SMILES string of the molecule is C=CCCN1CCN(C2=CC(C)(NC3=CC4=C(C3)CC(C)(c3ccccc3)C=C4)NC=C2)CC1. The van der Waals surface area contributed by atoms with E-state index in [4.69, 9.17) is 0 Å². The molecule has 34 heavy (non-hydrogen) atoms. The topological polar surface area (TPSA) is 30.5 Å². The molecule has 0 saturated carbocycles. The van der Waals surface area contributed by atoms with Crippen LogP contribution in [0.4, 0.5) is 0 Å². The van der Waals surface area contributed by atoms with E-state index >= 15 is 0 Å². The number of benzene rings is 1. The molecule has 1 aromatic carbocycles. The average molecular weight is 455 g/mol. The lowest BCUT2D eigenvalue weighted by Gasteiger charge is -2.40. The third-order valence-corrected chi connectivity index (χ3v) is 7.67. The first kappa shape index (κ1) is 22.8. The summed E-state index contributed by atoms with van der Waals surface area (Å²) in [4.78, 5) is 5.05. The van der Waals surface area contributed by atoms with Gasteiger partial charge in [-0.25, -0.2) is 0 Å². The summed E-state index contributed by atoms with van der Waals surface area (Å²) in [6, 6.07) is 10.9. The molecule has 5 rings (SSSR count). The summed E-state index contributed by atoms with van der Waals surface area (Å²) in [5.74, 6) is 0. The molecule has 2 aliphatic heterocycles. The summed E-state index contributed by atoms with van der Waals surface area (Å²) in [5.41, 5.74) is 6.68. The van der Waals surface area contributed by atoms with E-state index in [1.165, 1.54) is 28.1 Å². The molecule has 0 radical (unpaired) electrons. The van der Waals surface area contributed by atoms with Gasteiger partial charge in [0.2, 0.25) is 0 Å². The standard InChI is InChI=1S/C30H38N4/c1-4-5-15-33-16-18-34(19-17-33)28-12-14-31-30(3,23-28)32-27-20-24-11-13-29(2,22-25(24)21-27)26-9-7-6-8-10-26/h4,6-14,20,23,31-32H,1,5,15-19,21-22H2,2-3H3. The molecule has 1 saturated heterocycles. The van der Waals surface area contributed by atoms with Crippen molar-refractivity contribution < 1.29 is 0 Å². The first-order valence-corrected chi connectivity index (χ1v) is 12.7. The Morgan fingerprint density at radius 3 is 2.65 bits per heavy atom. The molecule has 2 N–H and O–H groups in total. The van der Waals surface area contributed by atoms with Crippen LogP contribution in [0.3, 0.4) is 0 Å². The van der Waals surface area contributed by atoms with Crippen LogP contribution >= 0.6 is 0 Å². The highest BCUT2D eigenvalue weighted by atomic mass is 15.3. The van der Waals surface area contributed by atoms with Crippen molar-refractivity contribution in [3.63, 3.8) is 0 Å². The van der Waals surface area contributed by atoms with Crippen molar-refractivity contribution in [2.24, 2.45) is 0 Å². The van der Waals surface area contributed by atoms with Crippen LogP contribution in [0.15, 0.2) is 102 Å². The second kappa shape index (κ2) is 9.34. The summed E-state index contributed by atoms with van der Waals surface area (Å²) in [7, 11) is 0. The Morgan fingerprint density at radius 1 is 1.09 bits per heavy atom. The van der Waals surface area contributed by atoms with Gasteiger partial charge in [0.15, 0.2) is 0 Å². The third-order valence-electron chi connectivity index (χ3n) is 7.67. The third kappa shape index (κ3) is 4.78. The molecular formula is C30H38N4. The van der Waals surface area contributed by atoms with Crippen LogP contribution in [0.2, 0.25) is 0 Å². The van der Waals surface area contributed by atoms with Crippen LogP contribution in [0.25, 0.3) is 0 Å². The Bertz CT molecular complexity index is 1070. The maximum atomic E-state index is 3.86. The van der Waals surface area contributed by atoms with Gasteiger partial charge in [-0.1, -0.05) is 61.1 Å². The van der Waals surface area contributed by atoms with Crippen LogP contribution < -0.4 is 10.6 Å². The number of piperazine rings is 1. The average Bonchev–Trinajstić information content (AvgIpc) is 3.24. The van der Waals surface area contributed by atoms with Gasteiger partial charge in [0, 0.05) is 62.2 Å². The quantitative estimate of drug-likeness (QED) is 0.569. The van der Waals surface area contributed by atoms with Gasteiger partial charge in [0.1, 0.15) is 5.66 Å². The second-order valence-electron chi connectivity index (χ2n) is 10.5. The summed E-state index contributed by atoms with van der Waals surface area (Å²) in [6.45, 7) is 13.9. The molecule has 0 spiro atoms. The van der Waals surface area contributed by atoms with E-state index in [0.29, 0.717) is 0 Å². The maximum Gasteiger partial charge on any atom is 0.126 e. The Morgan fingerprint density at radius 2 is 1.88 bits per heavy atom. The summed E-state index contributed by atoms with van der Waals surface area (Å²) < 4.78 is 0. The molecule has 1 aromatic rings. The molecule has 4 nitrogen and oxygen atoms in total. The predicted octanol–water partition coefficient (Wildman–Crippen LogP) is 4.99. The van der Waals surface area contributed by atoms with Crippen LogP contribution in [-0.2, 0) is 5.41 Å². The van der Waals surface area contributed by atoms with Gasteiger partial charge in [-0.15, -0.1) is 6.58 Å². The first-order valence-electron chi connectivity index (χ1n) is 12.7. The fraction of sp³-hybridized carbons (Fsp3) is 0.400. The van der Waals surface area contributed by atoms with E-state index in [-0.39, 0.29) is 11.1 Å². The number of rotatable bonds is 7. The van der Waals surface area contributed by atoms with Crippen molar-refractivity contribution in [2.45, 2.75) is 44.2 Å². The van der Waals surface area contributed by atoms with Crippen molar-refractivity contribution in [1.82, 2.24) is 20.4 Å². The molecule has 4 heteroatoms. The summed E-state index contributed by atoms with van der Waals surface area (Å²) in [6.07, 6.45) is 18.9. The highest BCUT2D eigenvalue weighted by Gasteiger charge is 2.33. The number of dihydropyridines is 1. The number of hydrogen-bond acceptors (Lipinski definition) is 4. The van der Waals surface area contributed by atoms with Gasteiger partial charge in [-0.2, -0.15) is 0 Å². The largest absolute Gasteiger partial charge is 0.369 e. The number of nitrogens with zero attached hydrogens (tertiary/aromatic N) is 2. The molecule has 2 aliphatic carbocycles. The zero-order valence-electron chi connectivity index (χ0n) is 20.7. The molecule has 2 heterocycles. The normalized spacial score (nSPS) is 28.8. The van der Waals surface area contributed by atoms with Gasteiger partial charge in [-0.3, -0.25) is 4.90 Å². The predicted molar refractivity (Wildman–Crippen MR) is 142 cm³/mol. The smallest absolute Gasteiger partial charge is 0.126 e. The number of nitrogens with one attached hydrogen (secondary N) is 2. The van der Waals surface area contributed by atoms with Gasteiger partial charge < -0.3 is 15.5 Å². The molecule has 0 amide bonds. The van der Waals surface area contributed by atoms with E-state index in [0.717, 1.165) is 52.0 Å². The summed E-state index contributed by atoms with van der Waals surface area (Å²) in [5, 5.41) is 7.38. The Hall–Kier alpha value is -2.98. The molecule has 2 unspecified atom stereocenters. The molecule has 2 atom stereocenters. The molecule has 0 bridgehead atoms. The van der Waals surface area contributed by atoms with E-state index in [1.807, 2.05) is 6.08 Å². The minimum atomic E-state index is -0.295. The van der Waals surface area contributed by atoms with Crippen LogP contribution in [0.5, 0.6) is 0 Å². The van der Waals surface area contributed by atoms with Crippen LogP contribution in [0.1, 0.15) is 38.7 Å². The number of hydrogen-bond donors (Lipinski definition) is 2. The lowest BCUT2D eigenvalue weighted by molar-refractivity contribution is 0.162. The Labute approximate surface area is 205 Å². The Kier molecular flexibility index (Phi) is 6.26. The fourth-order valence-corrected chi connectivity index (χ4v) is 5.67. The lowest BCUT2D eigenvalue weighted by atomic mass is 9.73. The van der Waals surface area contributed by atoms with Crippen molar-refractivity contribution >= 4 is 0 Å². The van der Waals surface area contributed by atoms with Crippen molar-refractivity contribution in [2.75, 3.05) is 32.7 Å². The molecule has 4 aliphatic rings. The van der Waals surface area contributed by atoms with Gasteiger partial charge in [-0.05, 0) is 49.1 Å². The fourth-order valence-electron chi connectivity index (χ4n) is 5.67. The van der Waals surface area contributed by atoms with E-state index in [2.05, 4.69) is 108 Å². The van der Waals surface area contributed by atoms with Crippen molar-refractivity contribution in [3.8, 4) is 0 Å². The van der Waals surface area contributed by atoms with Gasteiger partial charge in [0.25, 0.3) is 0 Å². The lowest BCUT2D eigenvalue weighted by Crippen LogP contribution is -2.53. The molecule has 0 aromatic heterocycles. The van der Waals surface area contributed by atoms with E-state index in [1.54, 1.807) is 0 Å². The first-order chi connectivity index (χ1) is 16.5. The molecule has 1 fully saturated rings. The minimum Gasteiger partial charge on any atom is -0.369 e. The minimum absolute atomic E-state index is 0.0694. The van der Waals surface area contributed by atoms with E-state index in [9.17, 15) is 0 Å². The zero-order valence-corrected chi connectivity index (χ0v) is 20.7. The van der Waals surface area contributed by atoms with Crippen LogP contribution in [0, 0.1) is 0 Å². The van der Waals surface area contributed by atoms with Gasteiger partial charge in [0.05, 0.1) is 0 Å². The Balaban J connectivity index is 1.21. The highest BCUT2D eigenvalue weighted by Crippen LogP contribution is 2.42. The second-order valence-corrected chi connectivity index (χ2v) is 10.5. The summed E-state index contributed by atoms with van der Waals surface area (Å²) >= 11 is 0.